The summed E-state index contributed by atoms with van der Waals surface area (Å²) in [6.45, 7) is 5.19. The highest BCUT2D eigenvalue weighted by molar-refractivity contribution is 4.77. The SMILES string of the molecule is C[C@@H]1CN(CCN=[N+]=[N-])CC[C@H]1O. The first kappa shape index (κ1) is 10.3. The van der Waals surface area contributed by atoms with Gasteiger partial charge in [0.05, 0.1) is 6.10 Å². The third-order valence-electron chi connectivity index (χ3n) is 2.52. The summed E-state index contributed by atoms with van der Waals surface area (Å²) in [5.41, 5.74) is 8.09. The maximum Gasteiger partial charge on any atom is 0.0590 e. The molecule has 0 bridgehead atoms. The molecule has 1 rings (SSSR count). The molecule has 0 aliphatic carbocycles. The van der Waals surface area contributed by atoms with Crippen LogP contribution in [0.25, 0.3) is 10.4 Å². The van der Waals surface area contributed by atoms with E-state index < -0.39 is 0 Å². The standard InChI is InChI=1S/C8H16N4O/c1-7-6-12(4-2-8(7)13)5-3-10-11-9/h7-8,13H,2-6H2,1H3/t7-,8-/m1/s1. The Morgan fingerprint density at radius 3 is 3.08 bits per heavy atom. The van der Waals surface area contributed by atoms with Gasteiger partial charge in [-0.1, -0.05) is 12.0 Å². The van der Waals surface area contributed by atoms with Crippen molar-refractivity contribution < 1.29 is 5.11 Å². The second kappa shape index (κ2) is 5.07. The van der Waals surface area contributed by atoms with Crippen molar-refractivity contribution in [3.8, 4) is 0 Å². The zero-order valence-electron chi connectivity index (χ0n) is 7.93. The molecule has 0 aromatic carbocycles. The van der Waals surface area contributed by atoms with E-state index >= 15 is 0 Å². The highest BCUT2D eigenvalue weighted by Crippen LogP contribution is 2.15. The molecule has 2 atom stereocenters. The van der Waals surface area contributed by atoms with Crippen LogP contribution in [-0.2, 0) is 0 Å². The lowest BCUT2D eigenvalue weighted by molar-refractivity contribution is 0.0364. The summed E-state index contributed by atoms with van der Waals surface area (Å²) in [5.74, 6) is 0.333. The molecule has 74 valence electrons. The zero-order chi connectivity index (χ0) is 9.68. The Morgan fingerprint density at radius 1 is 1.69 bits per heavy atom. The highest BCUT2D eigenvalue weighted by Gasteiger charge is 2.23. The van der Waals surface area contributed by atoms with Gasteiger partial charge >= 0.3 is 0 Å². The van der Waals surface area contributed by atoms with Crippen LogP contribution in [0.1, 0.15) is 13.3 Å². The summed E-state index contributed by atoms with van der Waals surface area (Å²) in [4.78, 5) is 4.93. The lowest BCUT2D eigenvalue weighted by atomic mass is 9.97. The Hall–Kier alpha value is -0.770. The quantitative estimate of drug-likeness (QED) is 0.403. The van der Waals surface area contributed by atoms with Crippen molar-refractivity contribution >= 4 is 0 Å². The van der Waals surface area contributed by atoms with E-state index in [1.165, 1.54) is 0 Å². The topological polar surface area (TPSA) is 72.2 Å². The predicted octanol–water partition coefficient (Wildman–Crippen LogP) is 0.999. The molecule has 1 aliphatic heterocycles. The molecule has 13 heavy (non-hydrogen) atoms. The molecule has 1 aliphatic rings. The summed E-state index contributed by atoms with van der Waals surface area (Å²) >= 11 is 0. The second-order valence-electron chi connectivity index (χ2n) is 3.59. The van der Waals surface area contributed by atoms with Crippen LogP contribution in [0.15, 0.2) is 5.11 Å². The number of aliphatic hydroxyl groups is 1. The van der Waals surface area contributed by atoms with E-state index in [2.05, 4.69) is 14.9 Å². The normalized spacial score (nSPS) is 29.7. The number of piperidine rings is 1. The highest BCUT2D eigenvalue weighted by atomic mass is 16.3. The van der Waals surface area contributed by atoms with Crippen LogP contribution >= 0.6 is 0 Å². The lowest BCUT2D eigenvalue weighted by Gasteiger charge is -2.33. The lowest BCUT2D eigenvalue weighted by Crippen LogP contribution is -2.42. The minimum absolute atomic E-state index is 0.157. The average molecular weight is 184 g/mol. The maximum atomic E-state index is 9.46. The Balaban J connectivity index is 2.25. The number of azide groups is 1. The minimum Gasteiger partial charge on any atom is -0.393 e. The Kier molecular flexibility index (Phi) is 4.02. The van der Waals surface area contributed by atoms with Gasteiger partial charge in [0.25, 0.3) is 0 Å². The molecule has 1 fully saturated rings. The van der Waals surface area contributed by atoms with Gasteiger partial charge in [0, 0.05) is 31.1 Å². The van der Waals surface area contributed by atoms with Crippen molar-refractivity contribution in [2.24, 2.45) is 11.0 Å². The summed E-state index contributed by atoms with van der Waals surface area (Å²) in [7, 11) is 0. The molecule has 0 unspecified atom stereocenters. The number of hydrogen-bond acceptors (Lipinski definition) is 3. The first-order chi connectivity index (χ1) is 6.24. The van der Waals surface area contributed by atoms with E-state index in [9.17, 15) is 5.11 Å². The van der Waals surface area contributed by atoms with Crippen LogP contribution in [0, 0.1) is 5.92 Å². The van der Waals surface area contributed by atoms with E-state index in [-0.39, 0.29) is 6.10 Å². The van der Waals surface area contributed by atoms with Crippen LogP contribution in [0.3, 0.4) is 0 Å². The second-order valence-corrected chi connectivity index (χ2v) is 3.59. The predicted molar refractivity (Wildman–Crippen MR) is 50.2 cm³/mol. The molecular weight excluding hydrogens is 168 g/mol. The fourth-order valence-corrected chi connectivity index (χ4v) is 1.65. The molecule has 0 aromatic rings. The molecule has 1 saturated heterocycles. The smallest absolute Gasteiger partial charge is 0.0590 e. The molecule has 0 saturated carbocycles. The van der Waals surface area contributed by atoms with E-state index in [4.69, 9.17) is 5.53 Å². The number of aliphatic hydroxyl groups excluding tert-OH is 1. The molecule has 0 amide bonds. The third kappa shape index (κ3) is 3.22. The van der Waals surface area contributed by atoms with Crippen LogP contribution in [0.4, 0.5) is 0 Å². The minimum atomic E-state index is -0.157. The fraction of sp³-hybridized carbons (Fsp3) is 1.00. The van der Waals surface area contributed by atoms with Gasteiger partial charge in [0.1, 0.15) is 0 Å². The van der Waals surface area contributed by atoms with Crippen molar-refractivity contribution in [1.29, 1.82) is 0 Å². The van der Waals surface area contributed by atoms with Gasteiger partial charge in [-0.3, -0.25) is 0 Å². The monoisotopic (exact) mass is 184 g/mol. The van der Waals surface area contributed by atoms with Gasteiger partial charge in [0.2, 0.25) is 0 Å². The summed E-state index contributed by atoms with van der Waals surface area (Å²) in [6, 6.07) is 0. The summed E-state index contributed by atoms with van der Waals surface area (Å²) < 4.78 is 0. The van der Waals surface area contributed by atoms with E-state index in [0.717, 1.165) is 26.1 Å². The number of hydrogen-bond donors (Lipinski definition) is 1. The first-order valence-corrected chi connectivity index (χ1v) is 4.65. The van der Waals surface area contributed by atoms with Crippen molar-refractivity contribution in [3.63, 3.8) is 0 Å². The fourth-order valence-electron chi connectivity index (χ4n) is 1.65. The van der Waals surface area contributed by atoms with Crippen LogP contribution < -0.4 is 0 Å². The largest absolute Gasteiger partial charge is 0.393 e. The van der Waals surface area contributed by atoms with Crippen molar-refractivity contribution in [1.82, 2.24) is 4.90 Å². The van der Waals surface area contributed by atoms with Crippen LogP contribution in [0.2, 0.25) is 0 Å². The summed E-state index contributed by atoms with van der Waals surface area (Å²) in [6.07, 6.45) is 0.674. The Morgan fingerprint density at radius 2 is 2.46 bits per heavy atom. The molecule has 5 nitrogen and oxygen atoms in total. The van der Waals surface area contributed by atoms with Gasteiger partial charge in [-0.15, -0.1) is 0 Å². The van der Waals surface area contributed by atoms with Crippen molar-refractivity contribution in [2.75, 3.05) is 26.2 Å². The van der Waals surface area contributed by atoms with Crippen LogP contribution in [-0.4, -0.2) is 42.3 Å². The van der Waals surface area contributed by atoms with Crippen molar-refractivity contribution in [3.05, 3.63) is 10.4 Å². The molecule has 1 heterocycles. The van der Waals surface area contributed by atoms with E-state index in [1.807, 2.05) is 6.92 Å². The number of nitrogens with zero attached hydrogens (tertiary/aromatic N) is 4. The van der Waals surface area contributed by atoms with E-state index in [0.29, 0.717) is 12.5 Å². The van der Waals surface area contributed by atoms with Gasteiger partial charge in [0.15, 0.2) is 0 Å². The summed E-state index contributed by atoms with van der Waals surface area (Å²) in [5, 5.41) is 12.9. The first-order valence-electron chi connectivity index (χ1n) is 4.65. The molecule has 0 radical (unpaired) electrons. The van der Waals surface area contributed by atoms with Gasteiger partial charge < -0.3 is 10.0 Å². The van der Waals surface area contributed by atoms with Gasteiger partial charge in [-0.2, -0.15) is 0 Å². The average Bonchev–Trinajstić information content (AvgIpc) is 2.12. The zero-order valence-corrected chi connectivity index (χ0v) is 7.93. The van der Waals surface area contributed by atoms with Crippen LogP contribution in [0.5, 0.6) is 0 Å². The Bertz CT molecular complexity index is 202. The van der Waals surface area contributed by atoms with Gasteiger partial charge in [-0.25, -0.2) is 0 Å². The molecule has 0 spiro atoms. The van der Waals surface area contributed by atoms with Gasteiger partial charge in [-0.05, 0) is 17.9 Å². The van der Waals surface area contributed by atoms with E-state index in [1.54, 1.807) is 0 Å². The number of rotatable bonds is 3. The molecule has 1 N–H and O–H groups in total. The molecule has 5 heteroatoms. The Labute approximate surface area is 78.0 Å². The van der Waals surface area contributed by atoms with Crippen molar-refractivity contribution in [2.45, 2.75) is 19.4 Å². The molecular formula is C8H16N4O. The number of likely N-dealkylation sites (tertiary alicyclic amines) is 1. The third-order valence-corrected chi connectivity index (χ3v) is 2.52. The molecule has 0 aromatic heterocycles. The maximum absolute atomic E-state index is 9.46.